The predicted octanol–water partition coefficient (Wildman–Crippen LogP) is 3.83. The van der Waals surface area contributed by atoms with Crippen molar-refractivity contribution in [2.45, 2.75) is 38.5 Å². The number of nitrogens with zero attached hydrogens (tertiary/aromatic N) is 1. The highest BCUT2D eigenvalue weighted by Crippen LogP contribution is 2.27. The van der Waals surface area contributed by atoms with Crippen LogP contribution in [0.1, 0.15) is 49.0 Å². The van der Waals surface area contributed by atoms with E-state index in [9.17, 15) is 9.59 Å². The molecule has 6 heteroatoms. The van der Waals surface area contributed by atoms with Crippen LogP contribution in [0.5, 0.6) is 0 Å². The van der Waals surface area contributed by atoms with E-state index >= 15 is 0 Å². The molecule has 0 bridgehead atoms. The van der Waals surface area contributed by atoms with Gasteiger partial charge in [-0.15, -0.1) is 0 Å². The minimum atomic E-state index is -0.476. The summed E-state index contributed by atoms with van der Waals surface area (Å²) >= 11 is 3.44. The Morgan fingerprint density at radius 1 is 1.20 bits per heavy atom. The number of H-pyrrole nitrogens is 1. The number of nitrogens with two attached hydrogens (primary N) is 1. The van der Waals surface area contributed by atoms with Crippen LogP contribution in [0.2, 0.25) is 0 Å². The molecule has 0 saturated heterocycles. The largest absolute Gasteiger partial charge is 0.368 e. The van der Waals surface area contributed by atoms with Crippen LogP contribution in [-0.4, -0.2) is 34.8 Å². The molecule has 1 saturated carbocycles. The quantitative estimate of drug-likeness (QED) is 0.765. The van der Waals surface area contributed by atoms with Gasteiger partial charge in [0.05, 0.1) is 6.54 Å². The molecule has 1 fully saturated rings. The number of hydrogen-bond acceptors (Lipinski definition) is 2. The van der Waals surface area contributed by atoms with Gasteiger partial charge in [0.1, 0.15) is 5.69 Å². The van der Waals surface area contributed by atoms with Crippen molar-refractivity contribution in [2.75, 3.05) is 13.1 Å². The van der Waals surface area contributed by atoms with Crippen molar-refractivity contribution in [1.82, 2.24) is 9.88 Å². The second-order valence-corrected chi connectivity index (χ2v) is 7.82. The first kappa shape index (κ1) is 18.0. The molecule has 1 heterocycles. The third-order valence-corrected chi connectivity index (χ3v) is 5.47. The van der Waals surface area contributed by atoms with Crippen LogP contribution in [0.25, 0.3) is 10.9 Å². The number of carbonyl (C=O) groups excluding carboxylic acids is 2. The first-order chi connectivity index (χ1) is 12.0. The second-order valence-electron chi connectivity index (χ2n) is 6.90. The van der Waals surface area contributed by atoms with Crippen LogP contribution in [0.4, 0.5) is 0 Å². The van der Waals surface area contributed by atoms with Crippen LogP contribution in [0.15, 0.2) is 28.7 Å². The molecule has 5 nitrogen and oxygen atoms in total. The number of fused-ring (bicyclic) bond motifs is 1. The molecule has 1 aliphatic carbocycles. The predicted molar refractivity (Wildman–Crippen MR) is 102 cm³/mol. The van der Waals surface area contributed by atoms with Crippen LogP contribution >= 0.6 is 15.9 Å². The average molecular weight is 406 g/mol. The van der Waals surface area contributed by atoms with Crippen molar-refractivity contribution in [3.8, 4) is 0 Å². The standard InChI is InChI=1S/C19H24BrN3O2/c20-15-6-7-16-14(10-15)11-17(22-16)19(25)23(12-18(21)24)9-8-13-4-2-1-3-5-13/h6-7,10-11,13,22H,1-5,8-9,12H2,(H2,21,24). The van der Waals surface area contributed by atoms with Crippen LogP contribution < -0.4 is 5.73 Å². The summed E-state index contributed by atoms with van der Waals surface area (Å²) in [5.74, 6) is 0.00776. The van der Waals surface area contributed by atoms with Gasteiger partial charge in [0.2, 0.25) is 5.91 Å². The fourth-order valence-corrected chi connectivity index (χ4v) is 4.02. The lowest BCUT2D eigenvalue weighted by Crippen LogP contribution is -2.39. The van der Waals surface area contributed by atoms with Crippen molar-refractivity contribution >= 4 is 38.6 Å². The van der Waals surface area contributed by atoms with Crippen molar-refractivity contribution in [1.29, 1.82) is 0 Å². The van der Waals surface area contributed by atoms with Gasteiger partial charge in [0.15, 0.2) is 0 Å². The minimum Gasteiger partial charge on any atom is -0.368 e. The summed E-state index contributed by atoms with van der Waals surface area (Å²) < 4.78 is 0.962. The monoisotopic (exact) mass is 405 g/mol. The molecule has 0 spiro atoms. The van der Waals surface area contributed by atoms with Gasteiger partial charge in [0, 0.05) is 21.9 Å². The van der Waals surface area contributed by atoms with Gasteiger partial charge in [-0.1, -0.05) is 48.0 Å². The first-order valence-electron chi connectivity index (χ1n) is 8.89. The molecule has 0 atom stereocenters. The molecule has 134 valence electrons. The Morgan fingerprint density at radius 2 is 1.96 bits per heavy atom. The molecule has 0 aliphatic heterocycles. The number of amides is 2. The summed E-state index contributed by atoms with van der Waals surface area (Å²) in [6, 6.07) is 7.65. The average Bonchev–Trinajstić information content (AvgIpc) is 3.01. The van der Waals surface area contributed by atoms with Crippen LogP contribution in [0, 0.1) is 5.92 Å². The zero-order chi connectivity index (χ0) is 17.8. The Kier molecular flexibility index (Phi) is 5.78. The Bertz CT molecular complexity index is 765. The van der Waals surface area contributed by atoms with Gasteiger partial charge in [-0.3, -0.25) is 9.59 Å². The fraction of sp³-hybridized carbons (Fsp3) is 0.474. The van der Waals surface area contributed by atoms with E-state index < -0.39 is 5.91 Å². The van der Waals surface area contributed by atoms with Crippen molar-refractivity contribution in [3.05, 3.63) is 34.4 Å². The van der Waals surface area contributed by atoms with Crippen molar-refractivity contribution in [2.24, 2.45) is 11.7 Å². The smallest absolute Gasteiger partial charge is 0.270 e. The summed E-state index contributed by atoms with van der Waals surface area (Å²) in [6.07, 6.45) is 7.23. The Morgan fingerprint density at radius 3 is 2.68 bits per heavy atom. The lowest BCUT2D eigenvalue weighted by Gasteiger charge is -2.26. The number of aromatic nitrogens is 1. The van der Waals surface area contributed by atoms with Crippen molar-refractivity contribution < 1.29 is 9.59 Å². The van der Waals surface area contributed by atoms with Gasteiger partial charge in [-0.2, -0.15) is 0 Å². The zero-order valence-electron chi connectivity index (χ0n) is 14.3. The maximum absolute atomic E-state index is 12.9. The molecule has 1 aliphatic rings. The molecule has 25 heavy (non-hydrogen) atoms. The number of carbonyl (C=O) groups is 2. The number of hydrogen-bond donors (Lipinski definition) is 2. The number of primary amides is 1. The minimum absolute atomic E-state index is 0.0371. The van der Waals surface area contributed by atoms with Gasteiger partial charge in [-0.05, 0) is 36.6 Å². The lowest BCUT2D eigenvalue weighted by molar-refractivity contribution is -0.118. The number of aromatic amines is 1. The fourth-order valence-electron chi connectivity index (χ4n) is 3.64. The van der Waals surface area contributed by atoms with E-state index in [0.29, 0.717) is 18.2 Å². The molecule has 1 aromatic heterocycles. The van der Waals surface area contributed by atoms with Gasteiger partial charge >= 0.3 is 0 Å². The van der Waals surface area contributed by atoms with Crippen molar-refractivity contribution in [3.63, 3.8) is 0 Å². The van der Waals surface area contributed by atoms with E-state index in [1.807, 2.05) is 24.3 Å². The van der Waals surface area contributed by atoms with E-state index in [0.717, 1.165) is 21.8 Å². The number of nitrogens with one attached hydrogen (secondary N) is 1. The summed E-state index contributed by atoms with van der Waals surface area (Å²) in [4.78, 5) is 29.0. The summed E-state index contributed by atoms with van der Waals surface area (Å²) in [7, 11) is 0. The second kappa shape index (κ2) is 8.04. The summed E-state index contributed by atoms with van der Waals surface area (Å²) in [5.41, 5.74) is 6.76. The van der Waals surface area contributed by atoms with Gasteiger partial charge in [-0.25, -0.2) is 0 Å². The Hall–Kier alpha value is -1.82. The topological polar surface area (TPSA) is 79.2 Å². The van der Waals surface area contributed by atoms with E-state index in [1.54, 1.807) is 4.90 Å². The zero-order valence-corrected chi connectivity index (χ0v) is 15.8. The molecular formula is C19H24BrN3O2. The molecular weight excluding hydrogens is 382 g/mol. The van der Waals surface area contributed by atoms with Gasteiger partial charge in [0.25, 0.3) is 5.91 Å². The third-order valence-electron chi connectivity index (χ3n) is 4.98. The third kappa shape index (κ3) is 4.63. The summed E-state index contributed by atoms with van der Waals surface area (Å²) in [5, 5.41) is 0.962. The number of halogens is 1. The normalized spacial score (nSPS) is 15.4. The van der Waals surface area contributed by atoms with Crippen LogP contribution in [-0.2, 0) is 4.79 Å². The lowest BCUT2D eigenvalue weighted by atomic mass is 9.87. The number of rotatable bonds is 6. The van der Waals surface area contributed by atoms with Gasteiger partial charge < -0.3 is 15.6 Å². The summed E-state index contributed by atoms with van der Waals surface area (Å²) in [6.45, 7) is 0.538. The molecule has 1 aromatic carbocycles. The van der Waals surface area contributed by atoms with E-state index in [-0.39, 0.29) is 12.5 Å². The van der Waals surface area contributed by atoms with Crippen LogP contribution in [0.3, 0.4) is 0 Å². The maximum Gasteiger partial charge on any atom is 0.270 e. The molecule has 0 unspecified atom stereocenters. The highest BCUT2D eigenvalue weighted by molar-refractivity contribution is 9.10. The Labute approximate surface area is 156 Å². The number of benzene rings is 1. The first-order valence-corrected chi connectivity index (χ1v) is 9.68. The highest BCUT2D eigenvalue weighted by Gasteiger charge is 2.22. The highest BCUT2D eigenvalue weighted by atomic mass is 79.9. The molecule has 2 aromatic rings. The Balaban J connectivity index is 1.73. The molecule has 2 amide bonds. The SMILES string of the molecule is NC(=O)CN(CCC1CCCCC1)C(=O)c1cc2cc(Br)ccc2[nH]1. The van der Waals surface area contributed by atoms with E-state index in [2.05, 4.69) is 20.9 Å². The maximum atomic E-state index is 12.9. The van der Waals surface area contributed by atoms with E-state index in [1.165, 1.54) is 32.1 Å². The molecule has 0 radical (unpaired) electrons. The molecule has 3 N–H and O–H groups in total. The van der Waals surface area contributed by atoms with E-state index in [4.69, 9.17) is 5.73 Å². The molecule has 3 rings (SSSR count).